The van der Waals surface area contributed by atoms with E-state index in [2.05, 4.69) is 43.4 Å². The van der Waals surface area contributed by atoms with Crippen LogP contribution in [-0.2, 0) is 0 Å². The SMILES string of the molecule is CCC(NCCN)c1ccc(C)cc1. The van der Waals surface area contributed by atoms with E-state index in [0.29, 0.717) is 12.6 Å². The predicted octanol–water partition coefficient (Wildman–Crippen LogP) is 1.99. The first-order valence-electron chi connectivity index (χ1n) is 5.28. The summed E-state index contributed by atoms with van der Waals surface area (Å²) < 4.78 is 0. The smallest absolute Gasteiger partial charge is 0.0318 e. The summed E-state index contributed by atoms with van der Waals surface area (Å²) in [6.07, 6.45) is 1.10. The average Bonchev–Trinajstić information content (AvgIpc) is 2.21. The maximum absolute atomic E-state index is 5.47. The van der Waals surface area contributed by atoms with Gasteiger partial charge >= 0.3 is 0 Å². The van der Waals surface area contributed by atoms with Gasteiger partial charge in [-0.25, -0.2) is 0 Å². The van der Waals surface area contributed by atoms with Crippen LogP contribution in [0.25, 0.3) is 0 Å². The summed E-state index contributed by atoms with van der Waals surface area (Å²) in [5.74, 6) is 0. The lowest BCUT2D eigenvalue weighted by Gasteiger charge is -2.16. The fourth-order valence-electron chi connectivity index (χ4n) is 1.55. The van der Waals surface area contributed by atoms with Gasteiger partial charge in [0.1, 0.15) is 0 Å². The number of nitrogens with two attached hydrogens (primary N) is 1. The molecule has 0 aliphatic rings. The maximum atomic E-state index is 5.47. The molecular formula is C12H20N2. The van der Waals surface area contributed by atoms with Crippen LogP contribution in [0.4, 0.5) is 0 Å². The van der Waals surface area contributed by atoms with Crippen LogP contribution < -0.4 is 11.1 Å². The van der Waals surface area contributed by atoms with E-state index in [9.17, 15) is 0 Å². The maximum Gasteiger partial charge on any atom is 0.0318 e. The molecule has 3 N–H and O–H groups in total. The highest BCUT2D eigenvalue weighted by Crippen LogP contribution is 2.16. The van der Waals surface area contributed by atoms with Crippen molar-refractivity contribution in [2.75, 3.05) is 13.1 Å². The van der Waals surface area contributed by atoms with Crippen LogP contribution in [0.1, 0.15) is 30.5 Å². The molecule has 1 rings (SSSR count). The van der Waals surface area contributed by atoms with Gasteiger partial charge in [0.05, 0.1) is 0 Å². The summed E-state index contributed by atoms with van der Waals surface area (Å²) in [6.45, 7) is 5.88. The molecule has 1 unspecified atom stereocenters. The Hall–Kier alpha value is -0.860. The average molecular weight is 192 g/mol. The largest absolute Gasteiger partial charge is 0.329 e. The Balaban J connectivity index is 2.64. The molecule has 1 aromatic rings. The van der Waals surface area contributed by atoms with Gasteiger partial charge in [-0.2, -0.15) is 0 Å². The fourth-order valence-corrected chi connectivity index (χ4v) is 1.55. The highest BCUT2D eigenvalue weighted by atomic mass is 14.9. The molecule has 1 aromatic carbocycles. The molecule has 0 radical (unpaired) electrons. The molecule has 0 fully saturated rings. The standard InChI is InChI=1S/C12H20N2/c1-3-12(14-9-8-13)11-6-4-10(2)5-7-11/h4-7,12,14H,3,8-9,13H2,1-2H3. The lowest BCUT2D eigenvalue weighted by atomic mass is 10.0. The van der Waals surface area contributed by atoms with Crippen molar-refractivity contribution in [3.63, 3.8) is 0 Å². The predicted molar refractivity (Wildman–Crippen MR) is 61.3 cm³/mol. The van der Waals surface area contributed by atoms with Crippen molar-refractivity contribution < 1.29 is 0 Å². The molecule has 0 amide bonds. The Kier molecular flexibility index (Phi) is 4.63. The van der Waals surface area contributed by atoms with Crippen molar-refractivity contribution in [1.82, 2.24) is 5.32 Å². The topological polar surface area (TPSA) is 38.0 Å². The van der Waals surface area contributed by atoms with Gasteiger partial charge in [-0.1, -0.05) is 36.8 Å². The first-order chi connectivity index (χ1) is 6.77. The Morgan fingerprint density at radius 2 is 1.93 bits per heavy atom. The molecule has 0 aliphatic carbocycles. The first-order valence-corrected chi connectivity index (χ1v) is 5.28. The lowest BCUT2D eigenvalue weighted by molar-refractivity contribution is 0.527. The van der Waals surface area contributed by atoms with E-state index in [4.69, 9.17) is 5.73 Å². The van der Waals surface area contributed by atoms with Crippen molar-refractivity contribution in [2.24, 2.45) is 5.73 Å². The number of benzene rings is 1. The van der Waals surface area contributed by atoms with Gasteiger partial charge < -0.3 is 11.1 Å². The summed E-state index contributed by atoms with van der Waals surface area (Å²) in [7, 11) is 0. The Labute approximate surface area is 86.5 Å². The van der Waals surface area contributed by atoms with Crippen LogP contribution >= 0.6 is 0 Å². The molecule has 14 heavy (non-hydrogen) atoms. The van der Waals surface area contributed by atoms with Gasteiger partial charge in [0, 0.05) is 19.1 Å². The van der Waals surface area contributed by atoms with Crippen LogP contribution in [0.3, 0.4) is 0 Å². The molecule has 2 nitrogen and oxygen atoms in total. The number of rotatable bonds is 5. The van der Waals surface area contributed by atoms with E-state index in [0.717, 1.165) is 13.0 Å². The van der Waals surface area contributed by atoms with E-state index >= 15 is 0 Å². The summed E-state index contributed by atoms with van der Waals surface area (Å²) in [5.41, 5.74) is 8.13. The van der Waals surface area contributed by atoms with Crippen molar-refractivity contribution in [3.8, 4) is 0 Å². The van der Waals surface area contributed by atoms with Crippen LogP contribution in [-0.4, -0.2) is 13.1 Å². The number of nitrogens with one attached hydrogen (secondary N) is 1. The van der Waals surface area contributed by atoms with Crippen LogP contribution in [0.15, 0.2) is 24.3 Å². The minimum atomic E-state index is 0.444. The van der Waals surface area contributed by atoms with Gasteiger partial charge in [0.15, 0.2) is 0 Å². The molecule has 0 saturated carbocycles. The Bertz CT molecular complexity index is 254. The fraction of sp³-hybridized carbons (Fsp3) is 0.500. The molecule has 0 aliphatic heterocycles. The molecule has 0 aromatic heterocycles. The van der Waals surface area contributed by atoms with Crippen molar-refractivity contribution >= 4 is 0 Å². The summed E-state index contributed by atoms with van der Waals surface area (Å²) in [6, 6.07) is 9.13. The van der Waals surface area contributed by atoms with Crippen LogP contribution in [0.2, 0.25) is 0 Å². The molecule has 0 heterocycles. The molecule has 2 heteroatoms. The Morgan fingerprint density at radius 1 is 1.29 bits per heavy atom. The van der Waals surface area contributed by atoms with Crippen LogP contribution in [0, 0.1) is 6.92 Å². The van der Waals surface area contributed by atoms with Crippen molar-refractivity contribution in [3.05, 3.63) is 35.4 Å². The summed E-state index contributed by atoms with van der Waals surface area (Å²) in [5, 5.41) is 3.43. The van der Waals surface area contributed by atoms with E-state index in [-0.39, 0.29) is 0 Å². The molecule has 0 bridgehead atoms. The van der Waals surface area contributed by atoms with Crippen LogP contribution in [0.5, 0.6) is 0 Å². The number of aryl methyl sites for hydroxylation is 1. The van der Waals surface area contributed by atoms with E-state index in [1.165, 1.54) is 11.1 Å². The normalized spacial score (nSPS) is 12.8. The number of hydrogen-bond acceptors (Lipinski definition) is 2. The molecule has 0 saturated heterocycles. The van der Waals surface area contributed by atoms with E-state index in [1.54, 1.807) is 0 Å². The van der Waals surface area contributed by atoms with Crippen molar-refractivity contribution in [1.29, 1.82) is 0 Å². The molecule has 1 atom stereocenters. The zero-order valence-electron chi connectivity index (χ0n) is 9.09. The van der Waals surface area contributed by atoms with E-state index in [1.807, 2.05) is 0 Å². The Morgan fingerprint density at radius 3 is 2.43 bits per heavy atom. The molecule has 0 spiro atoms. The van der Waals surface area contributed by atoms with Gasteiger partial charge in [-0.3, -0.25) is 0 Å². The second-order valence-electron chi connectivity index (χ2n) is 3.61. The zero-order valence-corrected chi connectivity index (χ0v) is 9.09. The quantitative estimate of drug-likeness (QED) is 0.748. The number of hydrogen-bond donors (Lipinski definition) is 2. The lowest BCUT2D eigenvalue weighted by Crippen LogP contribution is -2.26. The van der Waals surface area contributed by atoms with Gasteiger partial charge in [-0.05, 0) is 18.9 Å². The van der Waals surface area contributed by atoms with Crippen molar-refractivity contribution in [2.45, 2.75) is 26.3 Å². The first kappa shape index (κ1) is 11.2. The highest BCUT2D eigenvalue weighted by molar-refractivity contribution is 5.23. The second-order valence-corrected chi connectivity index (χ2v) is 3.61. The molecule has 78 valence electrons. The highest BCUT2D eigenvalue weighted by Gasteiger charge is 2.06. The zero-order chi connectivity index (χ0) is 10.4. The summed E-state index contributed by atoms with van der Waals surface area (Å²) >= 11 is 0. The second kappa shape index (κ2) is 5.78. The monoisotopic (exact) mass is 192 g/mol. The van der Waals surface area contributed by atoms with E-state index < -0.39 is 0 Å². The third-order valence-corrected chi connectivity index (χ3v) is 2.42. The minimum absolute atomic E-state index is 0.444. The van der Waals surface area contributed by atoms with Gasteiger partial charge in [0.2, 0.25) is 0 Å². The molecular weight excluding hydrogens is 172 g/mol. The summed E-state index contributed by atoms with van der Waals surface area (Å²) in [4.78, 5) is 0. The third-order valence-electron chi connectivity index (χ3n) is 2.42. The minimum Gasteiger partial charge on any atom is -0.329 e. The van der Waals surface area contributed by atoms with Gasteiger partial charge in [0.25, 0.3) is 0 Å². The third kappa shape index (κ3) is 3.13. The van der Waals surface area contributed by atoms with Gasteiger partial charge in [-0.15, -0.1) is 0 Å².